The molecule has 0 unspecified atom stereocenters. The van der Waals surface area contributed by atoms with Crippen molar-refractivity contribution in [1.82, 2.24) is 21.5 Å². The summed E-state index contributed by atoms with van der Waals surface area (Å²) in [6.07, 6.45) is 2.15. The first-order valence-corrected chi connectivity index (χ1v) is 4.73. The number of nitrogens with one attached hydrogen (secondary N) is 4. The molecule has 0 radical (unpaired) electrons. The van der Waals surface area contributed by atoms with E-state index in [0.717, 1.165) is 19.4 Å². The van der Waals surface area contributed by atoms with E-state index in [1.807, 2.05) is 6.92 Å². The van der Waals surface area contributed by atoms with Gasteiger partial charge in [-0.1, -0.05) is 0 Å². The van der Waals surface area contributed by atoms with Gasteiger partial charge in [-0.15, -0.1) is 0 Å². The molecule has 0 spiro atoms. The standard InChI is InChI=1S/C7H14N4OS/c1-2-8-7(13)11-10-6(12)9-5-3-4-5/h5H,2-4H2,1H3,(H2,8,11,13)(H2,9,10,12). The van der Waals surface area contributed by atoms with Crippen molar-refractivity contribution in [3.05, 3.63) is 0 Å². The molecule has 0 aromatic heterocycles. The lowest BCUT2D eigenvalue weighted by molar-refractivity contribution is 0.238. The number of carbonyl (C=O) groups is 1. The molecule has 1 fully saturated rings. The minimum atomic E-state index is -0.234. The number of rotatable bonds is 2. The molecule has 1 rings (SSSR count). The number of amides is 2. The first kappa shape index (κ1) is 10.0. The Labute approximate surface area is 82.6 Å². The molecule has 0 bridgehead atoms. The zero-order valence-electron chi connectivity index (χ0n) is 7.52. The van der Waals surface area contributed by atoms with E-state index in [9.17, 15) is 4.79 Å². The second-order valence-corrected chi connectivity index (χ2v) is 3.27. The Bertz CT molecular complexity index is 205. The average molecular weight is 202 g/mol. The number of hydrogen-bond donors (Lipinski definition) is 4. The smallest absolute Gasteiger partial charge is 0.333 e. The van der Waals surface area contributed by atoms with Gasteiger partial charge in [0.25, 0.3) is 0 Å². The zero-order chi connectivity index (χ0) is 9.68. The zero-order valence-corrected chi connectivity index (χ0v) is 8.33. The molecule has 5 nitrogen and oxygen atoms in total. The number of carbonyl (C=O) groups excluding carboxylic acids is 1. The lowest BCUT2D eigenvalue weighted by atomic mass is 10.7. The van der Waals surface area contributed by atoms with E-state index in [1.54, 1.807) is 0 Å². The molecule has 4 N–H and O–H groups in total. The van der Waals surface area contributed by atoms with E-state index in [4.69, 9.17) is 12.2 Å². The molecule has 74 valence electrons. The van der Waals surface area contributed by atoms with Gasteiger partial charge in [0, 0.05) is 12.6 Å². The molecule has 1 aliphatic rings. The Morgan fingerprint density at radius 2 is 2.15 bits per heavy atom. The summed E-state index contributed by atoms with van der Waals surface area (Å²) >= 11 is 4.84. The average Bonchev–Trinajstić information content (AvgIpc) is 2.85. The summed E-state index contributed by atoms with van der Waals surface area (Å²) < 4.78 is 0. The largest absolute Gasteiger partial charge is 0.362 e. The van der Waals surface area contributed by atoms with Gasteiger partial charge in [0.2, 0.25) is 0 Å². The molecule has 1 aliphatic carbocycles. The van der Waals surface area contributed by atoms with Gasteiger partial charge < -0.3 is 10.6 Å². The molecule has 0 atom stereocenters. The molecule has 2 amide bonds. The molecule has 0 heterocycles. The van der Waals surface area contributed by atoms with Crippen LogP contribution in [-0.4, -0.2) is 23.7 Å². The maximum Gasteiger partial charge on any atom is 0.333 e. The van der Waals surface area contributed by atoms with Crippen LogP contribution in [0.5, 0.6) is 0 Å². The fourth-order valence-electron chi connectivity index (χ4n) is 0.767. The molecule has 0 aromatic carbocycles. The maximum atomic E-state index is 11.0. The highest BCUT2D eigenvalue weighted by Gasteiger charge is 2.22. The molecular formula is C7H14N4OS. The van der Waals surface area contributed by atoms with Crippen molar-refractivity contribution in [1.29, 1.82) is 0 Å². The molecule has 1 saturated carbocycles. The second kappa shape index (κ2) is 4.86. The first-order valence-electron chi connectivity index (χ1n) is 4.32. The SMILES string of the molecule is CCNC(=S)NNC(=O)NC1CC1. The van der Waals surface area contributed by atoms with Gasteiger partial charge >= 0.3 is 6.03 Å². The van der Waals surface area contributed by atoms with Crippen LogP contribution in [0.2, 0.25) is 0 Å². The van der Waals surface area contributed by atoms with Gasteiger partial charge in [-0.05, 0) is 32.0 Å². The molecule has 13 heavy (non-hydrogen) atoms. The van der Waals surface area contributed by atoms with Crippen LogP contribution in [-0.2, 0) is 0 Å². The van der Waals surface area contributed by atoms with Gasteiger partial charge in [-0.25, -0.2) is 10.2 Å². The molecule has 0 saturated heterocycles. The van der Waals surface area contributed by atoms with Crippen LogP contribution < -0.4 is 21.5 Å². The minimum absolute atomic E-state index is 0.234. The second-order valence-electron chi connectivity index (χ2n) is 2.86. The van der Waals surface area contributed by atoms with Gasteiger partial charge in [0.1, 0.15) is 0 Å². The molecule has 0 aliphatic heterocycles. The third-order valence-electron chi connectivity index (χ3n) is 1.54. The van der Waals surface area contributed by atoms with Gasteiger partial charge in [0.05, 0.1) is 0 Å². The summed E-state index contributed by atoms with van der Waals surface area (Å²) in [5.41, 5.74) is 5.01. The number of thiocarbonyl (C=S) groups is 1. The Balaban J connectivity index is 2.02. The van der Waals surface area contributed by atoms with E-state index in [-0.39, 0.29) is 6.03 Å². The van der Waals surface area contributed by atoms with Crippen LogP contribution >= 0.6 is 12.2 Å². The van der Waals surface area contributed by atoms with Crippen LogP contribution in [0.4, 0.5) is 4.79 Å². The highest BCUT2D eigenvalue weighted by Crippen LogP contribution is 2.17. The molecule has 6 heteroatoms. The number of hydrazine groups is 1. The highest BCUT2D eigenvalue weighted by molar-refractivity contribution is 7.80. The maximum absolute atomic E-state index is 11.0. The van der Waals surface area contributed by atoms with Crippen molar-refractivity contribution in [3.63, 3.8) is 0 Å². The normalized spacial score (nSPS) is 14.5. The van der Waals surface area contributed by atoms with Gasteiger partial charge in [0.15, 0.2) is 5.11 Å². The Hall–Kier alpha value is -1.04. The van der Waals surface area contributed by atoms with Crippen LogP contribution in [0, 0.1) is 0 Å². The predicted molar refractivity (Wildman–Crippen MR) is 54.1 cm³/mol. The third-order valence-corrected chi connectivity index (χ3v) is 1.79. The topological polar surface area (TPSA) is 65.2 Å². The Morgan fingerprint density at radius 3 is 2.69 bits per heavy atom. The van der Waals surface area contributed by atoms with Crippen molar-refractivity contribution >= 4 is 23.4 Å². The summed E-state index contributed by atoms with van der Waals surface area (Å²) in [5.74, 6) is 0. The summed E-state index contributed by atoms with van der Waals surface area (Å²) in [5, 5.41) is 6.02. The summed E-state index contributed by atoms with van der Waals surface area (Å²) in [6.45, 7) is 2.66. The van der Waals surface area contributed by atoms with E-state index < -0.39 is 0 Å². The highest BCUT2D eigenvalue weighted by atomic mass is 32.1. The van der Waals surface area contributed by atoms with Crippen LogP contribution in [0.25, 0.3) is 0 Å². The van der Waals surface area contributed by atoms with E-state index in [1.165, 1.54) is 0 Å². The van der Waals surface area contributed by atoms with Gasteiger partial charge in [-0.2, -0.15) is 0 Å². The number of hydrogen-bond acceptors (Lipinski definition) is 2. The quantitative estimate of drug-likeness (QED) is 0.371. The van der Waals surface area contributed by atoms with Crippen LogP contribution in [0.3, 0.4) is 0 Å². The fraction of sp³-hybridized carbons (Fsp3) is 0.714. The Kier molecular flexibility index (Phi) is 3.75. The van der Waals surface area contributed by atoms with Crippen molar-refractivity contribution in [2.75, 3.05) is 6.54 Å². The van der Waals surface area contributed by atoms with Crippen LogP contribution in [0.1, 0.15) is 19.8 Å². The Morgan fingerprint density at radius 1 is 1.46 bits per heavy atom. The fourth-order valence-corrected chi connectivity index (χ4v) is 0.963. The van der Waals surface area contributed by atoms with E-state index in [2.05, 4.69) is 21.5 Å². The van der Waals surface area contributed by atoms with E-state index >= 15 is 0 Å². The summed E-state index contributed by atoms with van der Waals surface area (Å²) in [6, 6.07) is 0.122. The molecule has 0 aromatic rings. The predicted octanol–water partition coefficient (Wildman–Crippen LogP) is -0.153. The third kappa shape index (κ3) is 4.51. The summed E-state index contributed by atoms with van der Waals surface area (Å²) in [7, 11) is 0. The van der Waals surface area contributed by atoms with Crippen LogP contribution in [0.15, 0.2) is 0 Å². The lowest BCUT2D eigenvalue weighted by Crippen LogP contribution is -2.50. The van der Waals surface area contributed by atoms with Crippen molar-refractivity contribution in [2.24, 2.45) is 0 Å². The monoisotopic (exact) mass is 202 g/mol. The summed E-state index contributed by atoms with van der Waals surface area (Å²) in [4.78, 5) is 11.0. The van der Waals surface area contributed by atoms with Crippen molar-refractivity contribution in [3.8, 4) is 0 Å². The molecular weight excluding hydrogens is 188 g/mol. The number of urea groups is 1. The minimum Gasteiger partial charge on any atom is -0.362 e. The van der Waals surface area contributed by atoms with E-state index in [0.29, 0.717) is 11.2 Å². The lowest BCUT2D eigenvalue weighted by Gasteiger charge is -2.10. The van der Waals surface area contributed by atoms with Gasteiger partial charge in [-0.3, -0.25) is 5.43 Å². The van der Waals surface area contributed by atoms with Crippen molar-refractivity contribution < 1.29 is 4.79 Å². The first-order chi connectivity index (χ1) is 6.22. The van der Waals surface area contributed by atoms with Crippen molar-refractivity contribution in [2.45, 2.75) is 25.8 Å².